The topological polar surface area (TPSA) is 35.5 Å². The van der Waals surface area contributed by atoms with Gasteiger partial charge in [0.05, 0.1) is 6.16 Å². The molecule has 0 aliphatic rings. The highest BCUT2D eigenvalue weighted by Gasteiger charge is 2.38. The molecule has 0 atom stereocenters. The van der Waals surface area contributed by atoms with Gasteiger partial charge >= 0.3 is 19.9 Å². The maximum atomic E-state index is 12.1. The zero-order valence-corrected chi connectivity index (χ0v) is 13.2. The first-order chi connectivity index (χ1) is 9.89. The van der Waals surface area contributed by atoms with E-state index >= 15 is 0 Å². The number of alkyl halides is 6. The minimum atomic E-state index is -4.84. The van der Waals surface area contributed by atoms with Gasteiger partial charge in [0.25, 0.3) is 0 Å². The van der Waals surface area contributed by atoms with Crippen molar-refractivity contribution in [3.05, 3.63) is 34.3 Å². The number of halogens is 7. The van der Waals surface area contributed by atoms with Crippen LogP contribution in [-0.2, 0) is 19.8 Å². The highest BCUT2D eigenvalue weighted by Crippen LogP contribution is 2.53. The summed E-state index contributed by atoms with van der Waals surface area (Å²) in [6.45, 7) is -3.92. The van der Waals surface area contributed by atoms with Gasteiger partial charge in [-0.2, -0.15) is 26.3 Å². The van der Waals surface area contributed by atoms with E-state index in [0.717, 1.165) is 0 Å². The first-order valence-corrected chi connectivity index (χ1v) is 8.17. The Morgan fingerprint density at radius 1 is 0.909 bits per heavy atom. The van der Waals surface area contributed by atoms with Crippen molar-refractivity contribution < 1.29 is 40.0 Å². The van der Waals surface area contributed by atoms with E-state index in [9.17, 15) is 30.9 Å². The van der Waals surface area contributed by atoms with Crippen molar-refractivity contribution in [1.82, 2.24) is 0 Å². The molecule has 0 aliphatic heterocycles. The first kappa shape index (κ1) is 19.5. The minimum Gasteiger partial charge on any atom is -0.299 e. The largest absolute Gasteiger partial charge is 0.412 e. The lowest BCUT2D eigenvalue weighted by atomic mass is 10.2. The average molecular weight is 415 g/mol. The Morgan fingerprint density at radius 2 is 1.32 bits per heavy atom. The van der Waals surface area contributed by atoms with Crippen LogP contribution in [0.4, 0.5) is 26.3 Å². The molecule has 0 saturated heterocycles. The molecule has 0 aliphatic carbocycles. The third kappa shape index (κ3) is 8.17. The highest BCUT2D eigenvalue weighted by atomic mass is 79.9. The molecule has 0 unspecified atom stereocenters. The molecule has 11 heteroatoms. The molecule has 0 radical (unpaired) electrons. The van der Waals surface area contributed by atoms with E-state index in [1.54, 1.807) is 0 Å². The molecule has 0 spiro atoms. The van der Waals surface area contributed by atoms with Crippen LogP contribution in [0.1, 0.15) is 5.56 Å². The summed E-state index contributed by atoms with van der Waals surface area (Å²) in [5.74, 6) is 0. The van der Waals surface area contributed by atoms with Crippen molar-refractivity contribution in [3.63, 3.8) is 0 Å². The van der Waals surface area contributed by atoms with Crippen LogP contribution < -0.4 is 0 Å². The van der Waals surface area contributed by atoms with Gasteiger partial charge in [0, 0.05) is 4.47 Å². The summed E-state index contributed by atoms with van der Waals surface area (Å²) >= 11 is 3.11. The monoisotopic (exact) mass is 414 g/mol. The zero-order valence-electron chi connectivity index (χ0n) is 10.7. The fourth-order valence-electron chi connectivity index (χ4n) is 1.29. The third-order valence-corrected chi connectivity index (χ3v) is 4.47. The third-order valence-electron chi connectivity index (χ3n) is 2.14. The number of rotatable bonds is 6. The lowest BCUT2D eigenvalue weighted by Gasteiger charge is -2.20. The predicted molar refractivity (Wildman–Crippen MR) is 69.5 cm³/mol. The second-order valence-electron chi connectivity index (χ2n) is 4.17. The summed E-state index contributed by atoms with van der Waals surface area (Å²) in [6.07, 6.45) is -10.4. The number of hydrogen-bond acceptors (Lipinski definition) is 3. The van der Waals surface area contributed by atoms with Crippen molar-refractivity contribution in [3.8, 4) is 0 Å². The molecule has 0 fully saturated rings. The molecule has 1 aromatic rings. The summed E-state index contributed by atoms with van der Waals surface area (Å²) in [6, 6.07) is 5.75. The Kier molecular flexibility index (Phi) is 6.49. The maximum Gasteiger partial charge on any atom is 0.412 e. The van der Waals surface area contributed by atoms with Crippen LogP contribution in [-0.4, -0.2) is 25.6 Å². The van der Waals surface area contributed by atoms with E-state index in [-0.39, 0.29) is 5.56 Å². The lowest BCUT2D eigenvalue weighted by Crippen LogP contribution is -2.20. The van der Waals surface area contributed by atoms with E-state index < -0.39 is 39.3 Å². The van der Waals surface area contributed by atoms with Crippen molar-refractivity contribution in [2.24, 2.45) is 0 Å². The van der Waals surface area contributed by atoms with E-state index in [2.05, 4.69) is 25.0 Å². The van der Waals surface area contributed by atoms with Gasteiger partial charge < -0.3 is 0 Å². The summed E-state index contributed by atoms with van der Waals surface area (Å²) in [4.78, 5) is 0. The van der Waals surface area contributed by atoms with E-state index in [0.29, 0.717) is 4.47 Å². The molecule has 126 valence electrons. The zero-order chi connectivity index (χ0) is 17.0. The normalized spacial score (nSPS) is 13.4. The first-order valence-electron chi connectivity index (χ1n) is 5.65. The van der Waals surface area contributed by atoms with Gasteiger partial charge in [0.15, 0.2) is 13.2 Å². The molecule has 0 aromatic heterocycles. The molecule has 0 N–H and O–H groups in total. The SMILES string of the molecule is O=P(Cc1ccc(Br)cc1)(OCC(F)(F)F)OCC(F)(F)F. The van der Waals surface area contributed by atoms with Gasteiger partial charge in [-0.05, 0) is 17.7 Å². The molecule has 1 rings (SSSR count). The van der Waals surface area contributed by atoms with E-state index in [1.165, 1.54) is 24.3 Å². The Balaban J connectivity index is 2.84. The predicted octanol–water partition coefficient (Wildman–Crippen LogP) is 5.30. The van der Waals surface area contributed by atoms with Gasteiger partial charge in [-0.25, -0.2) is 0 Å². The van der Waals surface area contributed by atoms with Crippen molar-refractivity contribution in [1.29, 1.82) is 0 Å². The van der Waals surface area contributed by atoms with E-state index in [4.69, 9.17) is 0 Å². The van der Waals surface area contributed by atoms with Crippen molar-refractivity contribution >= 4 is 23.5 Å². The fourth-order valence-corrected chi connectivity index (χ4v) is 3.15. The van der Waals surface area contributed by atoms with Crippen molar-refractivity contribution in [2.75, 3.05) is 13.2 Å². The second kappa shape index (κ2) is 7.33. The molecule has 0 bridgehead atoms. The van der Waals surface area contributed by atoms with Crippen LogP contribution in [0.2, 0.25) is 0 Å². The Bertz CT molecular complexity index is 506. The summed E-state index contributed by atoms with van der Waals surface area (Å²) in [5, 5.41) is 0. The van der Waals surface area contributed by atoms with Crippen LogP contribution in [0.5, 0.6) is 0 Å². The number of benzene rings is 1. The van der Waals surface area contributed by atoms with Crippen LogP contribution in [0, 0.1) is 0 Å². The molecular weight excluding hydrogens is 405 g/mol. The Morgan fingerprint density at radius 3 is 1.68 bits per heavy atom. The Labute approximate surface area is 130 Å². The van der Waals surface area contributed by atoms with E-state index in [1.807, 2.05) is 0 Å². The van der Waals surface area contributed by atoms with Crippen molar-refractivity contribution in [2.45, 2.75) is 18.5 Å². The summed E-state index contributed by atoms with van der Waals surface area (Å²) in [7, 11) is -4.60. The molecule has 0 heterocycles. The van der Waals surface area contributed by atoms with Gasteiger partial charge in [0.2, 0.25) is 0 Å². The Hall–Kier alpha value is -0.570. The number of hydrogen-bond donors (Lipinski definition) is 0. The second-order valence-corrected chi connectivity index (χ2v) is 7.14. The molecule has 3 nitrogen and oxygen atoms in total. The van der Waals surface area contributed by atoms with Gasteiger partial charge in [-0.15, -0.1) is 0 Å². The lowest BCUT2D eigenvalue weighted by molar-refractivity contribution is -0.165. The smallest absolute Gasteiger partial charge is 0.299 e. The maximum absolute atomic E-state index is 12.1. The fraction of sp³-hybridized carbons (Fsp3) is 0.455. The minimum absolute atomic E-state index is 0.218. The molecular formula is C11H10BrF6O3P. The van der Waals surface area contributed by atoms with Crippen LogP contribution >= 0.6 is 23.5 Å². The molecule has 0 amide bonds. The van der Waals surface area contributed by atoms with Gasteiger partial charge in [-0.3, -0.25) is 13.6 Å². The molecule has 1 aromatic carbocycles. The van der Waals surface area contributed by atoms with Crippen LogP contribution in [0.3, 0.4) is 0 Å². The molecule has 22 heavy (non-hydrogen) atoms. The average Bonchev–Trinajstić information content (AvgIpc) is 2.36. The highest BCUT2D eigenvalue weighted by molar-refractivity contribution is 9.10. The quantitative estimate of drug-likeness (QED) is 0.468. The van der Waals surface area contributed by atoms with Crippen LogP contribution in [0.15, 0.2) is 28.7 Å². The van der Waals surface area contributed by atoms with Crippen LogP contribution in [0.25, 0.3) is 0 Å². The standard InChI is InChI=1S/C11H10BrF6O3P/c12-9-3-1-8(2-4-9)5-22(19,20-6-10(13,14)15)21-7-11(16,17)18/h1-4H,5-7H2. The van der Waals surface area contributed by atoms with Gasteiger partial charge in [0.1, 0.15) is 0 Å². The van der Waals surface area contributed by atoms with Gasteiger partial charge in [-0.1, -0.05) is 28.1 Å². The summed E-state index contributed by atoms with van der Waals surface area (Å²) in [5.41, 5.74) is 0.218. The molecule has 0 saturated carbocycles. The summed E-state index contributed by atoms with van der Waals surface area (Å²) < 4.78 is 93.7.